The zero-order valence-corrected chi connectivity index (χ0v) is 11.3. The average molecular weight is 263 g/mol. The van der Waals surface area contributed by atoms with Crippen molar-refractivity contribution in [3.8, 4) is 0 Å². The van der Waals surface area contributed by atoms with Crippen LogP contribution >= 0.6 is 0 Å². The van der Waals surface area contributed by atoms with Crippen LogP contribution in [0.4, 0.5) is 10.5 Å². The van der Waals surface area contributed by atoms with E-state index in [1.165, 1.54) is 5.56 Å². The van der Waals surface area contributed by atoms with Crippen LogP contribution in [0.2, 0.25) is 0 Å². The van der Waals surface area contributed by atoms with E-state index in [-0.39, 0.29) is 12.1 Å². The molecule has 0 bridgehead atoms. The van der Waals surface area contributed by atoms with E-state index < -0.39 is 6.03 Å². The van der Waals surface area contributed by atoms with E-state index in [0.29, 0.717) is 11.7 Å². The van der Waals surface area contributed by atoms with E-state index in [0.717, 1.165) is 13.0 Å². The summed E-state index contributed by atoms with van der Waals surface area (Å²) in [5.74, 6) is 0. The molecule has 104 valence electrons. The van der Waals surface area contributed by atoms with Gasteiger partial charge in [0.2, 0.25) is 0 Å². The summed E-state index contributed by atoms with van der Waals surface area (Å²) in [6.45, 7) is 5.05. The van der Waals surface area contributed by atoms with Crippen LogP contribution in [0.25, 0.3) is 0 Å². The maximum absolute atomic E-state index is 10.7. The molecule has 19 heavy (non-hydrogen) atoms. The quantitative estimate of drug-likeness (QED) is 0.777. The van der Waals surface area contributed by atoms with Gasteiger partial charge in [0.25, 0.3) is 0 Å². The van der Waals surface area contributed by atoms with Crippen LogP contribution in [0.15, 0.2) is 24.3 Å². The number of nitrogens with two attached hydrogens (primary N) is 1. The molecule has 0 aliphatic carbocycles. The Kier molecular flexibility index (Phi) is 4.39. The highest BCUT2D eigenvalue weighted by molar-refractivity contribution is 5.87. The summed E-state index contributed by atoms with van der Waals surface area (Å²) >= 11 is 0. The standard InChI is InChI=1S/C14H21N3O2/c1-9(16-13-7-8-19-10(13)2)11-3-5-12(6-4-11)17-14(15)18/h3-6,9-10,13,16H,7-8H2,1-2H3,(H3,15,17,18). The minimum Gasteiger partial charge on any atom is -0.377 e. The molecule has 1 aliphatic heterocycles. The lowest BCUT2D eigenvalue weighted by molar-refractivity contribution is 0.111. The second-order valence-corrected chi connectivity index (χ2v) is 4.97. The van der Waals surface area contributed by atoms with Gasteiger partial charge in [-0.2, -0.15) is 0 Å². The van der Waals surface area contributed by atoms with Gasteiger partial charge in [0, 0.05) is 24.4 Å². The fourth-order valence-electron chi connectivity index (χ4n) is 2.37. The number of carbonyl (C=O) groups excluding carboxylic acids is 1. The van der Waals surface area contributed by atoms with Crippen LogP contribution < -0.4 is 16.4 Å². The summed E-state index contributed by atoms with van der Waals surface area (Å²) in [6, 6.07) is 7.79. The Morgan fingerprint density at radius 2 is 2.11 bits per heavy atom. The lowest BCUT2D eigenvalue weighted by Gasteiger charge is -2.22. The Morgan fingerprint density at radius 1 is 1.42 bits per heavy atom. The van der Waals surface area contributed by atoms with E-state index >= 15 is 0 Å². The van der Waals surface area contributed by atoms with Gasteiger partial charge < -0.3 is 21.1 Å². The molecule has 2 amide bonds. The molecule has 0 radical (unpaired) electrons. The minimum atomic E-state index is -0.546. The monoisotopic (exact) mass is 263 g/mol. The highest BCUT2D eigenvalue weighted by atomic mass is 16.5. The van der Waals surface area contributed by atoms with Gasteiger partial charge in [-0.15, -0.1) is 0 Å². The van der Waals surface area contributed by atoms with Crippen molar-refractivity contribution in [3.63, 3.8) is 0 Å². The van der Waals surface area contributed by atoms with Gasteiger partial charge in [-0.05, 0) is 38.0 Å². The highest BCUT2D eigenvalue weighted by Gasteiger charge is 2.25. The van der Waals surface area contributed by atoms with Crippen LogP contribution in [0, 0.1) is 0 Å². The van der Waals surface area contributed by atoms with E-state index in [1.54, 1.807) is 0 Å². The van der Waals surface area contributed by atoms with Gasteiger partial charge >= 0.3 is 6.03 Å². The van der Waals surface area contributed by atoms with Gasteiger partial charge in [0.05, 0.1) is 6.10 Å². The number of rotatable bonds is 4. The first-order valence-electron chi connectivity index (χ1n) is 6.60. The number of urea groups is 1. The molecule has 0 aromatic heterocycles. The van der Waals surface area contributed by atoms with Gasteiger partial charge in [0.15, 0.2) is 0 Å². The topological polar surface area (TPSA) is 76.4 Å². The van der Waals surface area contributed by atoms with E-state index in [2.05, 4.69) is 24.5 Å². The molecule has 3 unspecified atom stereocenters. The number of hydrogen-bond acceptors (Lipinski definition) is 3. The number of carbonyl (C=O) groups is 1. The van der Waals surface area contributed by atoms with Crippen LogP contribution in [-0.2, 0) is 4.74 Å². The Labute approximate surface area is 113 Å². The second kappa shape index (κ2) is 6.04. The Hall–Kier alpha value is -1.59. The van der Waals surface area contributed by atoms with Crippen molar-refractivity contribution in [2.75, 3.05) is 11.9 Å². The summed E-state index contributed by atoms with van der Waals surface area (Å²) in [6.07, 6.45) is 1.31. The average Bonchev–Trinajstić information content (AvgIpc) is 2.75. The molecule has 5 heteroatoms. The summed E-state index contributed by atoms with van der Waals surface area (Å²) in [5, 5.41) is 6.12. The SMILES string of the molecule is CC(NC1CCOC1C)c1ccc(NC(N)=O)cc1. The number of anilines is 1. The van der Waals surface area contributed by atoms with Gasteiger partial charge in [-0.3, -0.25) is 0 Å². The first-order valence-corrected chi connectivity index (χ1v) is 6.60. The number of primary amides is 1. The van der Waals surface area contributed by atoms with E-state index in [9.17, 15) is 4.79 Å². The number of benzene rings is 1. The third-order valence-electron chi connectivity index (χ3n) is 3.52. The van der Waals surface area contributed by atoms with Crippen LogP contribution in [0.3, 0.4) is 0 Å². The number of nitrogens with one attached hydrogen (secondary N) is 2. The number of amides is 2. The van der Waals surface area contributed by atoms with Crippen molar-refractivity contribution in [1.82, 2.24) is 5.32 Å². The van der Waals surface area contributed by atoms with Crippen LogP contribution in [0.1, 0.15) is 31.9 Å². The van der Waals surface area contributed by atoms with Crippen molar-refractivity contribution in [1.29, 1.82) is 0 Å². The van der Waals surface area contributed by atoms with Crippen molar-refractivity contribution < 1.29 is 9.53 Å². The Bertz CT molecular complexity index is 433. The molecule has 1 aromatic rings. The minimum absolute atomic E-state index is 0.247. The van der Waals surface area contributed by atoms with Crippen molar-refractivity contribution in [2.24, 2.45) is 5.73 Å². The smallest absolute Gasteiger partial charge is 0.316 e. The van der Waals surface area contributed by atoms with Crippen molar-refractivity contribution in [3.05, 3.63) is 29.8 Å². The Balaban J connectivity index is 1.95. The molecule has 1 saturated heterocycles. The molecule has 1 aromatic carbocycles. The summed E-state index contributed by atoms with van der Waals surface area (Å²) < 4.78 is 5.54. The largest absolute Gasteiger partial charge is 0.377 e. The van der Waals surface area contributed by atoms with Crippen molar-refractivity contribution in [2.45, 2.75) is 38.5 Å². The molecule has 0 saturated carbocycles. The van der Waals surface area contributed by atoms with Crippen LogP contribution in [0.5, 0.6) is 0 Å². The molecule has 5 nitrogen and oxygen atoms in total. The third kappa shape index (κ3) is 3.68. The molecule has 1 fully saturated rings. The van der Waals surface area contributed by atoms with E-state index in [4.69, 9.17) is 10.5 Å². The first kappa shape index (κ1) is 13.8. The van der Waals surface area contributed by atoms with Crippen LogP contribution in [-0.4, -0.2) is 24.8 Å². The molecule has 2 rings (SSSR count). The molecule has 0 spiro atoms. The fourth-order valence-corrected chi connectivity index (χ4v) is 2.37. The lowest BCUT2D eigenvalue weighted by atomic mass is 10.0. The predicted octanol–water partition coefficient (Wildman–Crippen LogP) is 2.01. The summed E-state index contributed by atoms with van der Waals surface area (Å²) in [7, 11) is 0. The maximum Gasteiger partial charge on any atom is 0.316 e. The second-order valence-electron chi connectivity index (χ2n) is 4.97. The van der Waals surface area contributed by atoms with Gasteiger partial charge in [-0.1, -0.05) is 12.1 Å². The van der Waals surface area contributed by atoms with Gasteiger partial charge in [0.1, 0.15) is 0 Å². The maximum atomic E-state index is 10.7. The van der Waals surface area contributed by atoms with Gasteiger partial charge in [-0.25, -0.2) is 4.79 Å². The number of ether oxygens (including phenoxy) is 1. The first-order chi connectivity index (χ1) is 9.06. The third-order valence-corrected chi connectivity index (χ3v) is 3.52. The summed E-state index contributed by atoms with van der Waals surface area (Å²) in [4.78, 5) is 10.7. The van der Waals surface area contributed by atoms with Crippen molar-refractivity contribution >= 4 is 11.7 Å². The lowest BCUT2D eigenvalue weighted by Crippen LogP contribution is -2.36. The molecule has 3 atom stereocenters. The van der Waals surface area contributed by atoms with E-state index in [1.807, 2.05) is 24.3 Å². The number of hydrogen-bond donors (Lipinski definition) is 3. The molecule has 4 N–H and O–H groups in total. The fraction of sp³-hybridized carbons (Fsp3) is 0.500. The molecule has 1 aliphatic rings. The zero-order chi connectivity index (χ0) is 13.8. The normalized spacial score (nSPS) is 24.1. The molecular weight excluding hydrogens is 242 g/mol. The zero-order valence-electron chi connectivity index (χ0n) is 11.3. The molecule has 1 heterocycles. The molecular formula is C14H21N3O2. The summed E-state index contributed by atoms with van der Waals surface area (Å²) in [5.41, 5.74) is 6.95. The predicted molar refractivity (Wildman–Crippen MR) is 75.0 cm³/mol. The Morgan fingerprint density at radius 3 is 2.63 bits per heavy atom. The highest BCUT2D eigenvalue weighted by Crippen LogP contribution is 2.20.